The first-order chi connectivity index (χ1) is 6.39. The van der Waals surface area contributed by atoms with Crippen LogP contribution in [-0.4, -0.2) is 22.2 Å². The Morgan fingerprint density at radius 3 is 2.64 bits per heavy atom. The van der Waals surface area contributed by atoms with Crippen molar-refractivity contribution in [1.29, 1.82) is 0 Å². The van der Waals surface area contributed by atoms with Gasteiger partial charge in [-0.3, -0.25) is 0 Å². The largest absolute Gasteiger partial charge is 0.451 e. The average Bonchev–Trinajstić information content (AvgIpc) is 2.02. The molecule has 0 spiro atoms. The topological polar surface area (TPSA) is 61.0 Å². The molecule has 0 aliphatic heterocycles. The molecule has 1 unspecified atom stereocenters. The van der Waals surface area contributed by atoms with Crippen molar-refractivity contribution in [2.75, 3.05) is 5.73 Å². The summed E-state index contributed by atoms with van der Waals surface area (Å²) in [6.07, 6.45) is -5.17. The van der Waals surface area contributed by atoms with E-state index in [1.54, 1.807) is 0 Å². The Labute approximate surface area is 77.9 Å². The third kappa shape index (κ3) is 2.75. The first kappa shape index (κ1) is 10.6. The van der Waals surface area contributed by atoms with Gasteiger partial charge >= 0.3 is 12.2 Å². The summed E-state index contributed by atoms with van der Waals surface area (Å²) in [5, 5.41) is 0. The van der Waals surface area contributed by atoms with Crippen molar-refractivity contribution in [2.24, 2.45) is 0 Å². The predicted molar refractivity (Wildman–Crippen MR) is 42.6 cm³/mol. The summed E-state index contributed by atoms with van der Waals surface area (Å²) in [5.74, 6) is 0.0596. The molecule has 2 N–H and O–H groups in total. The quantitative estimate of drug-likeness (QED) is 0.795. The van der Waals surface area contributed by atoms with Gasteiger partial charge in [-0.25, -0.2) is 4.98 Å². The van der Waals surface area contributed by atoms with Crippen LogP contribution in [0.25, 0.3) is 0 Å². The van der Waals surface area contributed by atoms with Crippen molar-refractivity contribution >= 4 is 5.82 Å². The molecule has 1 atom stereocenters. The van der Waals surface area contributed by atoms with Crippen molar-refractivity contribution in [2.45, 2.75) is 19.2 Å². The molecule has 0 saturated carbocycles. The summed E-state index contributed by atoms with van der Waals surface area (Å²) in [4.78, 5) is 6.95. The Morgan fingerprint density at radius 1 is 1.50 bits per heavy atom. The Bertz CT molecular complexity index is 315. The third-order valence-electron chi connectivity index (χ3n) is 1.40. The number of anilines is 1. The number of nitrogens with two attached hydrogens (primary N) is 1. The van der Waals surface area contributed by atoms with Gasteiger partial charge in [0.1, 0.15) is 5.82 Å². The summed E-state index contributed by atoms with van der Waals surface area (Å²) in [6, 6.07) is 0.973. The zero-order valence-corrected chi connectivity index (χ0v) is 7.25. The lowest BCUT2D eigenvalue weighted by atomic mass is 10.4. The molecule has 0 aromatic carbocycles. The lowest BCUT2D eigenvalue weighted by Gasteiger charge is -2.15. The molecule has 4 nitrogen and oxygen atoms in total. The van der Waals surface area contributed by atoms with Gasteiger partial charge in [0, 0.05) is 6.20 Å². The average molecular weight is 207 g/mol. The maximum absolute atomic E-state index is 12.0. The number of nitrogens with zero attached hydrogens (tertiary/aromatic N) is 2. The van der Waals surface area contributed by atoms with Crippen molar-refractivity contribution in [1.82, 2.24) is 9.97 Å². The highest BCUT2D eigenvalue weighted by Gasteiger charge is 2.38. The fourth-order valence-electron chi connectivity index (χ4n) is 0.636. The molecule has 0 aliphatic rings. The Balaban J connectivity index is 2.70. The molecule has 0 fully saturated rings. The number of aromatic nitrogens is 2. The highest BCUT2D eigenvalue weighted by atomic mass is 19.4. The molecule has 78 valence electrons. The van der Waals surface area contributed by atoms with Crippen LogP contribution >= 0.6 is 0 Å². The molecule has 1 aromatic rings. The molecule has 1 heterocycles. The molecule has 1 aromatic heterocycles. The van der Waals surface area contributed by atoms with Gasteiger partial charge in [-0.2, -0.15) is 18.2 Å². The zero-order valence-electron chi connectivity index (χ0n) is 7.25. The minimum atomic E-state index is -4.44. The van der Waals surface area contributed by atoms with Crippen LogP contribution in [0.1, 0.15) is 6.92 Å². The molecule has 0 aliphatic carbocycles. The minimum Gasteiger partial charge on any atom is -0.451 e. The molecular weight excluding hydrogens is 199 g/mol. The van der Waals surface area contributed by atoms with E-state index < -0.39 is 12.3 Å². The molecule has 0 radical (unpaired) electrons. The van der Waals surface area contributed by atoms with E-state index >= 15 is 0 Å². The Kier molecular flexibility index (Phi) is 2.78. The first-order valence-corrected chi connectivity index (χ1v) is 3.71. The second-order valence-electron chi connectivity index (χ2n) is 2.57. The fraction of sp³-hybridized carbons (Fsp3) is 0.429. The maximum Gasteiger partial charge on any atom is 0.425 e. The van der Waals surface area contributed by atoms with E-state index in [-0.39, 0.29) is 11.8 Å². The molecular formula is C7H8F3N3O. The molecule has 0 saturated heterocycles. The summed E-state index contributed by atoms with van der Waals surface area (Å²) in [7, 11) is 0. The fourth-order valence-corrected chi connectivity index (χ4v) is 0.636. The normalized spacial score (nSPS) is 13.7. The molecule has 1 rings (SSSR count). The van der Waals surface area contributed by atoms with Crippen molar-refractivity contribution in [3.05, 3.63) is 12.3 Å². The van der Waals surface area contributed by atoms with E-state index in [1.807, 2.05) is 0 Å². The predicted octanol–water partition coefficient (Wildman–Crippen LogP) is 1.39. The van der Waals surface area contributed by atoms with Crippen molar-refractivity contribution < 1.29 is 17.9 Å². The van der Waals surface area contributed by atoms with Crippen LogP contribution < -0.4 is 10.5 Å². The molecule has 0 bridgehead atoms. The van der Waals surface area contributed by atoms with Crippen LogP contribution in [0.2, 0.25) is 0 Å². The Morgan fingerprint density at radius 2 is 2.14 bits per heavy atom. The van der Waals surface area contributed by atoms with Crippen LogP contribution in [0.4, 0.5) is 19.0 Å². The summed E-state index contributed by atoms with van der Waals surface area (Å²) >= 11 is 0. The minimum absolute atomic E-state index is 0.0596. The summed E-state index contributed by atoms with van der Waals surface area (Å²) in [6.45, 7) is 0.868. The first-order valence-electron chi connectivity index (χ1n) is 3.71. The van der Waals surface area contributed by atoms with Gasteiger partial charge in [0.2, 0.25) is 0 Å². The molecule has 14 heavy (non-hydrogen) atoms. The van der Waals surface area contributed by atoms with Crippen LogP contribution in [0, 0.1) is 0 Å². The van der Waals surface area contributed by atoms with Gasteiger partial charge in [-0.05, 0) is 13.0 Å². The van der Waals surface area contributed by atoms with Gasteiger partial charge in [0.25, 0.3) is 0 Å². The standard InChI is InChI=1S/C7H8F3N3O/c1-4(7(8,9)10)14-6-12-3-2-5(11)13-6/h2-4H,1H3,(H2,11,12,13). The van der Waals surface area contributed by atoms with Crippen LogP contribution in [0.5, 0.6) is 6.01 Å². The smallest absolute Gasteiger partial charge is 0.425 e. The number of alkyl halides is 3. The lowest BCUT2D eigenvalue weighted by molar-refractivity contribution is -0.190. The number of rotatable bonds is 2. The van der Waals surface area contributed by atoms with E-state index in [4.69, 9.17) is 5.73 Å². The maximum atomic E-state index is 12.0. The van der Waals surface area contributed by atoms with Gasteiger partial charge in [0.15, 0.2) is 6.10 Å². The molecule has 0 amide bonds. The summed E-state index contributed by atoms with van der Waals surface area (Å²) in [5.41, 5.74) is 5.23. The number of hydrogen-bond donors (Lipinski definition) is 1. The van der Waals surface area contributed by atoms with Gasteiger partial charge < -0.3 is 10.5 Å². The zero-order chi connectivity index (χ0) is 10.8. The Hall–Kier alpha value is -1.53. The number of halogens is 3. The van der Waals surface area contributed by atoms with E-state index in [9.17, 15) is 13.2 Å². The van der Waals surface area contributed by atoms with Crippen molar-refractivity contribution in [3.63, 3.8) is 0 Å². The lowest BCUT2D eigenvalue weighted by Crippen LogP contribution is -2.31. The van der Waals surface area contributed by atoms with Gasteiger partial charge in [0.05, 0.1) is 0 Å². The second-order valence-corrected chi connectivity index (χ2v) is 2.57. The van der Waals surface area contributed by atoms with Crippen LogP contribution in [0.3, 0.4) is 0 Å². The van der Waals surface area contributed by atoms with Gasteiger partial charge in [-0.1, -0.05) is 0 Å². The monoisotopic (exact) mass is 207 g/mol. The van der Waals surface area contributed by atoms with E-state index in [1.165, 1.54) is 12.3 Å². The SMILES string of the molecule is CC(Oc1nccc(N)n1)C(F)(F)F. The summed E-state index contributed by atoms with van der Waals surface area (Å²) < 4.78 is 40.5. The molecule has 7 heteroatoms. The van der Waals surface area contributed by atoms with E-state index in [0.717, 1.165) is 6.92 Å². The highest BCUT2D eigenvalue weighted by Crippen LogP contribution is 2.23. The second kappa shape index (κ2) is 3.69. The van der Waals surface area contributed by atoms with E-state index in [2.05, 4.69) is 14.7 Å². The van der Waals surface area contributed by atoms with Crippen LogP contribution in [-0.2, 0) is 0 Å². The number of ether oxygens (including phenoxy) is 1. The van der Waals surface area contributed by atoms with Gasteiger partial charge in [-0.15, -0.1) is 0 Å². The van der Waals surface area contributed by atoms with Crippen molar-refractivity contribution in [3.8, 4) is 6.01 Å². The van der Waals surface area contributed by atoms with Crippen LogP contribution in [0.15, 0.2) is 12.3 Å². The number of nitrogen functional groups attached to an aromatic ring is 1. The third-order valence-corrected chi connectivity index (χ3v) is 1.40. The van der Waals surface area contributed by atoms with E-state index in [0.29, 0.717) is 0 Å². The number of hydrogen-bond acceptors (Lipinski definition) is 4. The highest BCUT2D eigenvalue weighted by molar-refractivity contribution is 5.26.